The molecule has 34 heavy (non-hydrogen) atoms. The van der Waals surface area contributed by atoms with Crippen molar-refractivity contribution in [3.8, 4) is 11.1 Å². The summed E-state index contributed by atoms with van der Waals surface area (Å²) >= 11 is 0. The number of hydrogen-bond donors (Lipinski definition) is 3. The normalized spacial score (nSPS) is 14.5. The summed E-state index contributed by atoms with van der Waals surface area (Å²) in [5.74, 6) is -1.46. The molecule has 0 bridgehead atoms. The van der Waals surface area contributed by atoms with Gasteiger partial charge in [0.05, 0.1) is 6.42 Å². The van der Waals surface area contributed by atoms with Crippen molar-refractivity contribution in [3.05, 3.63) is 59.7 Å². The zero-order chi connectivity index (χ0) is 24.9. The van der Waals surface area contributed by atoms with Crippen LogP contribution in [0.1, 0.15) is 64.0 Å². The molecular weight excluding hydrogens is 432 g/mol. The molecule has 1 aliphatic rings. The Balaban J connectivity index is 1.68. The van der Waals surface area contributed by atoms with Gasteiger partial charge in [0.1, 0.15) is 12.6 Å². The van der Waals surface area contributed by atoms with Crippen LogP contribution in [0.3, 0.4) is 0 Å². The Labute approximate surface area is 200 Å². The average Bonchev–Trinajstić information content (AvgIpc) is 3.09. The standard InChI is InChI=1S/C27H34N2O5/c1-5-17(14-24(30)31)28-25(32)23(15-27(2,3)4)29-26(33)34-16-22-20-12-8-6-10-18(20)19-11-7-9-13-21(19)22/h6-13,17,22-23H,5,14-16H2,1-4H3,(H,28,32)(H,29,33)(H,30,31). The molecule has 182 valence electrons. The van der Waals surface area contributed by atoms with Crippen LogP contribution in [0.25, 0.3) is 11.1 Å². The second-order valence-electron chi connectivity index (χ2n) is 10.00. The van der Waals surface area contributed by atoms with Crippen LogP contribution in [0, 0.1) is 5.41 Å². The van der Waals surface area contributed by atoms with Crippen molar-refractivity contribution in [2.75, 3.05) is 6.61 Å². The summed E-state index contributed by atoms with van der Waals surface area (Å²) in [6.45, 7) is 7.88. The van der Waals surface area contributed by atoms with E-state index < -0.39 is 30.1 Å². The third-order valence-corrected chi connectivity index (χ3v) is 6.03. The first kappa shape index (κ1) is 25.3. The summed E-state index contributed by atoms with van der Waals surface area (Å²) in [5.41, 5.74) is 4.26. The summed E-state index contributed by atoms with van der Waals surface area (Å²) in [6, 6.07) is 14.8. The zero-order valence-electron chi connectivity index (χ0n) is 20.3. The highest BCUT2D eigenvalue weighted by Crippen LogP contribution is 2.44. The molecule has 0 spiro atoms. The molecule has 0 aliphatic heterocycles. The van der Waals surface area contributed by atoms with Gasteiger partial charge >= 0.3 is 12.1 Å². The van der Waals surface area contributed by atoms with Crippen LogP contribution in [-0.2, 0) is 14.3 Å². The first-order valence-electron chi connectivity index (χ1n) is 11.7. The fourth-order valence-corrected chi connectivity index (χ4v) is 4.41. The summed E-state index contributed by atoms with van der Waals surface area (Å²) in [7, 11) is 0. The zero-order valence-corrected chi connectivity index (χ0v) is 20.3. The van der Waals surface area contributed by atoms with Gasteiger partial charge in [-0.2, -0.15) is 0 Å². The highest BCUT2D eigenvalue weighted by molar-refractivity contribution is 5.86. The number of carboxylic acid groups (broad SMARTS) is 1. The minimum Gasteiger partial charge on any atom is -0.481 e. The van der Waals surface area contributed by atoms with E-state index in [1.807, 2.05) is 64.1 Å². The summed E-state index contributed by atoms with van der Waals surface area (Å²) < 4.78 is 5.61. The van der Waals surface area contributed by atoms with Gasteiger partial charge < -0.3 is 20.5 Å². The second kappa shape index (κ2) is 10.7. The Kier molecular flexibility index (Phi) is 7.97. The molecule has 2 aromatic carbocycles. The number of nitrogens with one attached hydrogen (secondary N) is 2. The molecule has 3 rings (SSSR count). The van der Waals surface area contributed by atoms with E-state index in [4.69, 9.17) is 9.84 Å². The third kappa shape index (κ3) is 6.37. The van der Waals surface area contributed by atoms with E-state index >= 15 is 0 Å². The number of rotatable bonds is 9. The lowest BCUT2D eigenvalue weighted by molar-refractivity contribution is -0.137. The predicted octanol–water partition coefficient (Wildman–Crippen LogP) is 4.70. The van der Waals surface area contributed by atoms with Crippen LogP contribution in [-0.4, -0.2) is 41.8 Å². The maximum Gasteiger partial charge on any atom is 0.407 e. The number of amides is 2. The fourth-order valence-electron chi connectivity index (χ4n) is 4.41. The van der Waals surface area contributed by atoms with E-state index in [2.05, 4.69) is 22.8 Å². The fraction of sp³-hybridized carbons (Fsp3) is 0.444. The minimum atomic E-state index is -0.982. The van der Waals surface area contributed by atoms with Crippen LogP contribution in [0.2, 0.25) is 0 Å². The molecule has 0 saturated heterocycles. The smallest absolute Gasteiger partial charge is 0.407 e. The van der Waals surface area contributed by atoms with Crippen molar-refractivity contribution in [3.63, 3.8) is 0 Å². The van der Waals surface area contributed by atoms with Crippen molar-refractivity contribution in [1.82, 2.24) is 10.6 Å². The molecule has 0 saturated carbocycles. The molecule has 2 unspecified atom stereocenters. The molecule has 1 aliphatic carbocycles. The molecular formula is C27H34N2O5. The Hall–Kier alpha value is -3.35. The molecule has 0 aromatic heterocycles. The molecule has 2 atom stereocenters. The Bertz CT molecular complexity index is 998. The van der Waals surface area contributed by atoms with Crippen LogP contribution >= 0.6 is 0 Å². The number of carbonyl (C=O) groups excluding carboxylic acids is 2. The van der Waals surface area contributed by atoms with Gasteiger partial charge in [0, 0.05) is 12.0 Å². The highest BCUT2D eigenvalue weighted by atomic mass is 16.5. The Morgan fingerprint density at radius 3 is 2.03 bits per heavy atom. The summed E-state index contributed by atoms with van der Waals surface area (Å²) in [5, 5.41) is 14.5. The van der Waals surface area contributed by atoms with E-state index in [0.29, 0.717) is 12.8 Å². The maximum absolute atomic E-state index is 12.9. The predicted molar refractivity (Wildman–Crippen MR) is 131 cm³/mol. The first-order chi connectivity index (χ1) is 16.1. The molecule has 7 nitrogen and oxygen atoms in total. The van der Waals surface area contributed by atoms with E-state index in [9.17, 15) is 14.4 Å². The molecule has 0 heterocycles. The van der Waals surface area contributed by atoms with Crippen LogP contribution < -0.4 is 10.6 Å². The van der Waals surface area contributed by atoms with Crippen LogP contribution in [0.4, 0.5) is 4.79 Å². The van der Waals surface area contributed by atoms with Crippen molar-refractivity contribution < 1.29 is 24.2 Å². The van der Waals surface area contributed by atoms with Gasteiger partial charge in [-0.25, -0.2) is 4.79 Å². The van der Waals surface area contributed by atoms with Crippen LogP contribution in [0.15, 0.2) is 48.5 Å². The largest absolute Gasteiger partial charge is 0.481 e. The number of carboxylic acids is 1. The maximum atomic E-state index is 12.9. The first-order valence-corrected chi connectivity index (χ1v) is 11.7. The molecule has 3 N–H and O–H groups in total. The lowest BCUT2D eigenvalue weighted by atomic mass is 9.87. The molecule has 2 aromatic rings. The minimum absolute atomic E-state index is 0.0759. The monoisotopic (exact) mass is 466 g/mol. The van der Waals surface area contributed by atoms with E-state index in [1.54, 1.807) is 0 Å². The Morgan fingerprint density at radius 2 is 1.53 bits per heavy atom. The SMILES string of the molecule is CCC(CC(=O)O)NC(=O)C(CC(C)(C)C)NC(=O)OCC1c2ccccc2-c2ccccc21. The van der Waals surface area contributed by atoms with E-state index in [1.165, 1.54) is 0 Å². The average molecular weight is 467 g/mol. The number of ether oxygens (including phenoxy) is 1. The van der Waals surface area contributed by atoms with Crippen LogP contribution in [0.5, 0.6) is 0 Å². The Morgan fingerprint density at radius 1 is 0.971 bits per heavy atom. The summed E-state index contributed by atoms with van der Waals surface area (Å²) in [4.78, 5) is 36.7. The number of alkyl carbamates (subject to hydrolysis) is 1. The third-order valence-electron chi connectivity index (χ3n) is 6.03. The van der Waals surface area contributed by atoms with Gasteiger partial charge in [-0.1, -0.05) is 76.2 Å². The van der Waals surface area contributed by atoms with Crippen molar-refractivity contribution >= 4 is 18.0 Å². The van der Waals surface area contributed by atoms with E-state index in [0.717, 1.165) is 22.3 Å². The molecule has 0 fully saturated rings. The number of hydrogen-bond acceptors (Lipinski definition) is 4. The number of carbonyl (C=O) groups is 3. The topological polar surface area (TPSA) is 105 Å². The van der Waals surface area contributed by atoms with Gasteiger partial charge in [-0.05, 0) is 40.5 Å². The number of aliphatic carboxylic acids is 1. The number of fused-ring (bicyclic) bond motifs is 3. The summed E-state index contributed by atoms with van der Waals surface area (Å²) in [6.07, 6.45) is 0.0187. The molecule has 0 radical (unpaired) electrons. The van der Waals surface area contributed by atoms with Crippen molar-refractivity contribution in [2.24, 2.45) is 5.41 Å². The van der Waals surface area contributed by atoms with Gasteiger partial charge in [0.25, 0.3) is 0 Å². The second-order valence-corrected chi connectivity index (χ2v) is 10.00. The lowest BCUT2D eigenvalue weighted by Gasteiger charge is -2.27. The van der Waals surface area contributed by atoms with Gasteiger partial charge in [-0.15, -0.1) is 0 Å². The number of benzene rings is 2. The quantitative estimate of drug-likeness (QED) is 0.497. The van der Waals surface area contributed by atoms with Gasteiger partial charge in [-0.3, -0.25) is 9.59 Å². The van der Waals surface area contributed by atoms with Gasteiger partial charge in [0.15, 0.2) is 0 Å². The van der Waals surface area contributed by atoms with Crippen molar-refractivity contribution in [2.45, 2.75) is 65.0 Å². The lowest BCUT2D eigenvalue weighted by Crippen LogP contribution is -2.51. The highest BCUT2D eigenvalue weighted by Gasteiger charge is 2.31. The molecule has 7 heteroatoms. The van der Waals surface area contributed by atoms with E-state index in [-0.39, 0.29) is 24.4 Å². The van der Waals surface area contributed by atoms with Crippen molar-refractivity contribution in [1.29, 1.82) is 0 Å². The van der Waals surface area contributed by atoms with Gasteiger partial charge in [0.2, 0.25) is 5.91 Å². The molecule has 2 amide bonds.